The van der Waals surface area contributed by atoms with E-state index in [1.165, 1.54) is 4.57 Å². The van der Waals surface area contributed by atoms with Gasteiger partial charge in [-0.05, 0) is 17.7 Å². The average molecular weight is 292 g/mol. The van der Waals surface area contributed by atoms with Gasteiger partial charge in [0.05, 0.1) is 19.2 Å². The number of hydrogen-bond donors (Lipinski definition) is 0. The minimum atomic E-state index is -0.0140. The van der Waals surface area contributed by atoms with Gasteiger partial charge < -0.3 is 4.74 Å². The van der Waals surface area contributed by atoms with Crippen molar-refractivity contribution in [3.05, 3.63) is 72.7 Å². The summed E-state index contributed by atoms with van der Waals surface area (Å²) in [6.07, 6.45) is 3.66. The molecule has 0 amide bonds. The number of rotatable bonds is 4. The molecule has 0 spiro atoms. The van der Waals surface area contributed by atoms with E-state index in [1.807, 2.05) is 54.6 Å². The predicted molar refractivity (Wildman–Crippen MR) is 85.0 cm³/mol. The van der Waals surface area contributed by atoms with Crippen LogP contribution in [0.1, 0.15) is 10.4 Å². The summed E-state index contributed by atoms with van der Waals surface area (Å²) in [4.78, 5) is 16.6. The van der Waals surface area contributed by atoms with Crippen LogP contribution in [-0.2, 0) is 6.42 Å². The van der Waals surface area contributed by atoms with Crippen molar-refractivity contribution in [3.63, 3.8) is 0 Å². The lowest BCUT2D eigenvalue weighted by Crippen LogP contribution is -2.11. The van der Waals surface area contributed by atoms with Gasteiger partial charge in [0, 0.05) is 11.8 Å². The number of hydrogen-bond acceptors (Lipinski definition) is 3. The van der Waals surface area contributed by atoms with E-state index in [-0.39, 0.29) is 5.91 Å². The number of benzene rings is 2. The molecule has 3 rings (SSSR count). The molecule has 0 fully saturated rings. The normalized spacial score (nSPS) is 10.4. The van der Waals surface area contributed by atoms with Crippen molar-refractivity contribution in [2.75, 3.05) is 7.11 Å². The topological polar surface area (TPSA) is 44.1 Å². The zero-order valence-electron chi connectivity index (χ0n) is 12.3. The third-order valence-corrected chi connectivity index (χ3v) is 3.45. The Kier molecular flexibility index (Phi) is 4.01. The molecule has 0 saturated carbocycles. The Morgan fingerprint density at radius 1 is 1.09 bits per heavy atom. The van der Waals surface area contributed by atoms with Gasteiger partial charge in [0.1, 0.15) is 12.1 Å². The monoisotopic (exact) mass is 292 g/mol. The Hall–Kier alpha value is -2.88. The Balaban J connectivity index is 1.74. The van der Waals surface area contributed by atoms with Crippen molar-refractivity contribution in [1.82, 2.24) is 9.55 Å². The van der Waals surface area contributed by atoms with E-state index in [2.05, 4.69) is 4.98 Å². The van der Waals surface area contributed by atoms with Gasteiger partial charge in [-0.1, -0.05) is 42.5 Å². The minimum absolute atomic E-state index is 0.0140. The molecule has 0 aliphatic carbocycles. The first-order valence-electron chi connectivity index (χ1n) is 7.02. The molecular formula is C18H16N2O2. The van der Waals surface area contributed by atoms with Gasteiger partial charge in [0.15, 0.2) is 0 Å². The smallest absolute Gasteiger partial charge is 0.236 e. The first kappa shape index (κ1) is 14.1. The van der Waals surface area contributed by atoms with Gasteiger partial charge in [-0.2, -0.15) is 0 Å². The average Bonchev–Trinajstić information content (AvgIpc) is 3.06. The van der Waals surface area contributed by atoms with Crippen LogP contribution in [0.2, 0.25) is 0 Å². The quantitative estimate of drug-likeness (QED) is 0.740. The summed E-state index contributed by atoms with van der Waals surface area (Å²) < 4.78 is 6.65. The van der Waals surface area contributed by atoms with Gasteiger partial charge in [-0.3, -0.25) is 9.36 Å². The van der Waals surface area contributed by atoms with Gasteiger partial charge in [-0.25, -0.2) is 4.98 Å². The Bertz CT molecular complexity index is 761. The highest BCUT2D eigenvalue weighted by molar-refractivity contribution is 5.82. The van der Waals surface area contributed by atoms with E-state index in [0.29, 0.717) is 6.42 Å². The number of ether oxygens (including phenoxy) is 1. The number of methoxy groups -OCH3 is 1. The van der Waals surface area contributed by atoms with Crippen molar-refractivity contribution in [3.8, 4) is 17.0 Å². The van der Waals surface area contributed by atoms with E-state index in [4.69, 9.17) is 4.74 Å². The Labute approximate surface area is 129 Å². The first-order valence-corrected chi connectivity index (χ1v) is 7.02. The van der Waals surface area contributed by atoms with Crippen LogP contribution in [0.3, 0.4) is 0 Å². The Morgan fingerprint density at radius 2 is 1.82 bits per heavy atom. The number of imidazole rings is 1. The van der Waals surface area contributed by atoms with Gasteiger partial charge in [0.2, 0.25) is 5.91 Å². The fraction of sp³-hybridized carbons (Fsp3) is 0.111. The van der Waals surface area contributed by atoms with Crippen molar-refractivity contribution < 1.29 is 9.53 Å². The third kappa shape index (κ3) is 3.06. The predicted octanol–water partition coefficient (Wildman–Crippen LogP) is 3.44. The van der Waals surface area contributed by atoms with E-state index in [0.717, 1.165) is 22.6 Å². The van der Waals surface area contributed by atoms with Crippen molar-refractivity contribution >= 4 is 5.91 Å². The van der Waals surface area contributed by atoms with Crippen molar-refractivity contribution in [1.29, 1.82) is 0 Å². The van der Waals surface area contributed by atoms with Crippen molar-refractivity contribution in [2.45, 2.75) is 6.42 Å². The van der Waals surface area contributed by atoms with Crippen LogP contribution in [0.5, 0.6) is 5.75 Å². The summed E-state index contributed by atoms with van der Waals surface area (Å²) in [5, 5.41) is 0. The third-order valence-electron chi connectivity index (χ3n) is 3.45. The molecule has 0 atom stereocenters. The van der Waals surface area contributed by atoms with Crippen LogP contribution in [-0.4, -0.2) is 22.6 Å². The molecule has 2 aromatic carbocycles. The van der Waals surface area contributed by atoms with Crippen LogP contribution in [0, 0.1) is 0 Å². The standard InChI is InChI=1S/C18H16N2O2/c1-22-16-9-7-14(8-10-16)11-18(21)20-12-17(19-13-20)15-5-3-2-4-6-15/h2-10,12-13H,11H2,1H3. The first-order chi connectivity index (χ1) is 10.8. The highest BCUT2D eigenvalue weighted by atomic mass is 16.5. The summed E-state index contributed by atoms with van der Waals surface area (Å²) in [5.74, 6) is 0.769. The number of carbonyl (C=O) groups is 1. The van der Waals surface area contributed by atoms with Crippen LogP contribution < -0.4 is 4.74 Å². The molecule has 4 nitrogen and oxygen atoms in total. The van der Waals surface area contributed by atoms with E-state index >= 15 is 0 Å². The highest BCUT2D eigenvalue weighted by Crippen LogP contribution is 2.17. The van der Waals surface area contributed by atoms with Crippen LogP contribution in [0.4, 0.5) is 0 Å². The lowest BCUT2D eigenvalue weighted by Gasteiger charge is -2.03. The molecule has 0 radical (unpaired) electrons. The molecule has 0 unspecified atom stereocenters. The highest BCUT2D eigenvalue weighted by Gasteiger charge is 2.09. The second-order valence-electron chi connectivity index (χ2n) is 4.95. The van der Waals surface area contributed by atoms with Gasteiger partial charge >= 0.3 is 0 Å². The summed E-state index contributed by atoms with van der Waals surface area (Å²) in [5.41, 5.74) is 2.74. The maximum Gasteiger partial charge on any atom is 0.236 e. The van der Waals surface area contributed by atoms with Crippen molar-refractivity contribution in [2.24, 2.45) is 0 Å². The molecule has 0 bridgehead atoms. The van der Waals surface area contributed by atoms with Gasteiger partial charge in [-0.15, -0.1) is 0 Å². The SMILES string of the molecule is COc1ccc(CC(=O)n2cnc(-c3ccccc3)c2)cc1. The molecular weight excluding hydrogens is 276 g/mol. The van der Waals surface area contributed by atoms with E-state index in [9.17, 15) is 4.79 Å². The summed E-state index contributed by atoms with van der Waals surface area (Å²) in [6.45, 7) is 0. The summed E-state index contributed by atoms with van der Waals surface area (Å²) >= 11 is 0. The number of nitrogens with zero attached hydrogens (tertiary/aromatic N) is 2. The fourth-order valence-corrected chi connectivity index (χ4v) is 2.23. The zero-order chi connectivity index (χ0) is 15.4. The lowest BCUT2D eigenvalue weighted by molar-refractivity contribution is 0.0914. The molecule has 0 N–H and O–H groups in total. The maximum atomic E-state index is 12.3. The second-order valence-corrected chi connectivity index (χ2v) is 4.95. The summed E-state index contributed by atoms with van der Waals surface area (Å²) in [6, 6.07) is 17.3. The van der Waals surface area contributed by atoms with Crippen LogP contribution in [0.15, 0.2) is 67.1 Å². The minimum Gasteiger partial charge on any atom is -0.497 e. The van der Waals surface area contributed by atoms with E-state index in [1.54, 1.807) is 19.6 Å². The fourth-order valence-electron chi connectivity index (χ4n) is 2.23. The molecule has 0 aliphatic heterocycles. The molecule has 22 heavy (non-hydrogen) atoms. The molecule has 1 aromatic heterocycles. The number of aromatic nitrogens is 2. The molecule has 4 heteroatoms. The molecule has 1 heterocycles. The molecule has 0 saturated heterocycles. The number of carbonyl (C=O) groups excluding carboxylic acids is 1. The largest absolute Gasteiger partial charge is 0.497 e. The van der Waals surface area contributed by atoms with Gasteiger partial charge in [0.25, 0.3) is 0 Å². The molecule has 0 aliphatic rings. The summed E-state index contributed by atoms with van der Waals surface area (Å²) in [7, 11) is 1.62. The van der Waals surface area contributed by atoms with Crippen LogP contribution >= 0.6 is 0 Å². The lowest BCUT2D eigenvalue weighted by atomic mass is 10.1. The molecule has 110 valence electrons. The molecule has 3 aromatic rings. The maximum absolute atomic E-state index is 12.3. The second kappa shape index (κ2) is 6.26. The van der Waals surface area contributed by atoms with E-state index < -0.39 is 0 Å². The Morgan fingerprint density at radius 3 is 2.50 bits per heavy atom. The van der Waals surface area contributed by atoms with Crippen LogP contribution in [0.25, 0.3) is 11.3 Å². The zero-order valence-corrected chi connectivity index (χ0v) is 12.3.